The molecule has 1 atom stereocenters. The van der Waals surface area contributed by atoms with E-state index in [4.69, 9.17) is 4.74 Å². The second-order valence-electron chi connectivity index (χ2n) is 6.97. The number of aryl methyl sites for hydroxylation is 1. The number of carbonyl (C=O) groups excluding carboxylic acids is 2. The molecule has 1 spiro atoms. The monoisotopic (exact) mass is 334 g/mol. The second kappa shape index (κ2) is 6.93. The molecule has 0 radical (unpaired) electrons. The first-order valence-electron chi connectivity index (χ1n) is 8.61. The second-order valence-corrected chi connectivity index (χ2v) is 6.97. The van der Waals surface area contributed by atoms with E-state index in [-0.39, 0.29) is 23.1 Å². The van der Waals surface area contributed by atoms with E-state index in [1.807, 2.05) is 4.90 Å². The summed E-state index contributed by atoms with van der Waals surface area (Å²) in [7, 11) is 3.42. The first kappa shape index (κ1) is 17.0. The molecule has 24 heavy (non-hydrogen) atoms. The Labute approximate surface area is 142 Å². The van der Waals surface area contributed by atoms with E-state index in [1.54, 1.807) is 31.1 Å². The number of likely N-dealkylation sites (tertiary alicyclic amines) is 1. The molecule has 1 saturated carbocycles. The quantitative estimate of drug-likeness (QED) is 0.809. The van der Waals surface area contributed by atoms with E-state index < -0.39 is 0 Å². The minimum absolute atomic E-state index is 0.0465. The number of methoxy groups -OCH3 is 1. The van der Waals surface area contributed by atoms with Crippen LogP contribution in [0.4, 0.5) is 0 Å². The largest absolute Gasteiger partial charge is 0.383 e. The van der Waals surface area contributed by atoms with Crippen molar-refractivity contribution in [1.82, 2.24) is 20.0 Å². The Morgan fingerprint density at radius 3 is 2.79 bits per heavy atom. The van der Waals surface area contributed by atoms with Gasteiger partial charge < -0.3 is 15.0 Å². The molecule has 132 valence electrons. The third-order valence-electron chi connectivity index (χ3n) is 5.39. The van der Waals surface area contributed by atoms with Gasteiger partial charge in [0.25, 0.3) is 5.91 Å². The van der Waals surface area contributed by atoms with Gasteiger partial charge in [0.2, 0.25) is 5.91 Å². The topological polar surface area (TPSA) is 76.5 Å². The highest BCUT2D eigenvalue weighted by molar-refractivity contribution is 5.93. The van der Waals surface area contributed by atoms with Crippen LogP contribution in [0.3, 0.4) is 0 Å². The van der Waals surface area contributed by atoms with Crippen LogP contribution in [0, 0.1) is 11.3 Å². The third-order valence-corrected chi connectivity index (χ3v) is 5.39. The van der Waals surface area contributed by atoms with E-state index in [9.17, 15) is 9.59 Å². The summed E-state index contributed by atoms with van der Waals surface area (Å²) in [5.74, 6) is -0.163. The van der Waals surface area contributed by atoms with Crippen LogP contribution in [0.2, 0.25) is 0 Å². The number of hydrogen-bond acceptors (Lipinski definition) is 4. The van der Waals surface area contributed by atoms with Crippen LogP contribution in [-0.2, 0) is 16.6 Å². The molecule has 7 nitrogen and oxygen atoms in total. The van der Waals surface area contributed by atoms with Gasteiger partial charge in [0.05, 0.1) is 12.5 Å². The number of ether oxygens (including phenoxy) is 1. The molecular weight excluding hydrogens is 308 g/mol. The molecule has 2 amide bonds. The first-order valence-corrected chi connectivity index (χ1v) is 8.61. The Morgan fingerprint density at radius 2 is 2.17 bits per heavy atom. The molecule has 1 aromatic heterocycles. The standard InChI is InChI=1S/C17H26N4O3/c1-20-9-5-14(19-20)16(23)21-11-13(15(22)18-8-10-24-2)17(12-21)6-3-4-7-17/h5,9,13H,3-4,6-8,10-12H2,1-2H3,(H,18,22). The predicted molar refractivity (Wildman–Crippen MR) is 88.4 cm³/mol. The van der Waals surface area contributed by atoms with Gasteiger partial charge in [0, 0.05) is 45.4 Å². The lowest BCUT2D eigenvalue weighted by Crippen LogP contribution is -2.41. The van der Waals surface area contributed by atoms with E-state index in [1.165, 1.54) is 0 Å². The van der Waals surface area contributed by atoms with Crippen molar-refractivity contribution < 1.29 is 14.3 Å². The summed E-state index contributed by atoms with van der Waals surface area (Å²) >= 11 is 0. The van der Waals surface area contributed by atoms with Crippen LogP contribution in [0.15, 0.2) is 12.3 Å². The van der Waals surface area contributed by atoms with Gasteiger partial charge in [-0.25, -0.2) is 0 Å². The van der Waals surface area contributed by atoms with Gasteiger partial charge in [-0.2, -0.15) is 5.10 Å². The summed E-state index contributed by atoms with van der Waals surface area (Å²) in [6.45, 7) is 2.15. The number of hydrogen-bond donors (Lipinski definition) is 1. The maximum absolute atomic E-state index is 12.7. The van der Waals surface area contributed by atoms with Crippen molar-refractivity contribution in [2.24, 2.45) is 18.4 Å². The molecular formula is C17H26N4O3. The fraction of sp³-hybridized carbons (Fsp3) is 0.706. The Hall–Kier alpha value is -1.89. The van der Waals surface area contributed by atoms with Crippen molar-refractivity contribution in [1.29, 1.82) is 0 Å². The Morgan fingerprint density at radius 1 is 1.42 bits per heavy atom. The van der Waals surface area contributed by atoms with Crippen LogP contribution in [0.1, 0.15) is 36.2 Å². The van der Waals surface area contributed by atoms with E-state index in [2.05, 4.69) is 10.4 Å². The Bertz CT molecular complexity index is 607. The lowest BCUT2D eigenvalue weighted by atomic mass is 9.76. The summed E-state index contributed by atoms with van der Waals surface area (Å²) in [6, 6.07) is 1.73. The maximum Gasteiger partial charge on any atom is 0.274 e. The lowest BCUT2D eigenvalue weighted by Gasteiger charge is -2.28. The van der Waals surface area contributed by atoms with E-state index in [0.717, 1.165) is 25.7 Å². The van der Waals surface area contributed by atoms with Crippen molar-refractivity contribution in [3.63, 3.8) is 0 Å². The number of aromatic nitrogens is 2. The number of amides is 2. The minimum Gasteiger partial charge on any atom is -0.383 e. The van der Waals surface area contributed by atoms with Gasteiger partial charge in [-0.05, 0) is 18.9 Å². The highest BCUT2D eigenvalue weighted by Crippen LogP contribution is 2.49. The molecule has 1 saturated heterocycles. The molecule has 0 bridgehead atoms. The molecule has 2 fully saturated rings. The number of rotatable bonds is 5. The molecule has 3 rings (SSSR count). The normalized spacial score (nSPS) is 22.2. The van der Waals surface area contributed by atoms with Crippen LogP contribution in [0.5, 0.6) is 0 Å². The smallest absolute Gasteiger partial charge is 0.274 e. The molecule has 2 heterocycles. The molecule has 1 unspecified atom stereocenters. The zero-order valence-electron chi connectivity index (χ0n) is 14.5. The van der Waals surface area contributed by atoms with E-state index >= 15 is 0 Å². The van der Waals surface area contributed by atoms with Gasteiger partial charge in [-0.1, -0.05) is 12.8 Å². The van der Waals surface area contributed by atoms with Crippen LogP contribution >= 0.6 is 0 Å². The van der Waals surface area contributed by atoms with Crippen LogP contribution in [0.25, 0.3) is 0 Å². The van der Waals surface area contributed by atoms with Gasteiger partial charge in [0.1, 0.15) is 5.69 Å². The number of nitrogens with one attached hydrogen (secondary N) is 1. The SMILES string of the molecule is COCCNC(=O)C1CN(C(=O)c2ccn(C)n2)CC12CCCC2. The average Bonchev–Trinajstić information content (AvgIpc) is 3.28. The van der Waals surface area contributed by atoms with Crippen LogP contribution in [-0.4, -0.2) is 59.8 Å². The average molecular weight is 334 g/mol. The molecule has 1 N–H and O–H groups in total. The fourth-order valence-corrected chi connectivity index (χ4v) is 4.16. The van der Waals surface area contributed by atoms with Crippen molar-refractivity contribution in [2.75, 3.05) is 33.4 Å². The van der Waals surface area contributed by atoms with Crippen molar-refractivity contribution in [2.45, 2.75) is 25.7 Å². The minimum atomic E-state index is -0.135. The van der Waals surface area contributed by atoms with Gasteiger partial charge in [-0.3, -0.25) is 14.3 Å². The molecule has 0 aromatic carbocycles. The van der Waals surface area contributed by atoms with E-state index in [0.29, 0.717) is 31.9 Å². The summed E-state index contributed by atoms with van der Waals surface area (Å²) in [5.41, 5.74) is 0.382. The molecule has 1 aromatic rings. The molecule has 1 aliphatic carbocycles. The van der Waals surface area contributed by atoms with Crippen molar-refractivity contribution in [3.05, 3.63) is 18.0 Å². The zero-order chi connectivity index (χ0) is 17.2. The van der Waals surface area contributed by atoms with Crippen molar-refractivity contribution in [3.8, 4) is 0 Å². The summed E-state index contributed by atoms with van der Waals surface area (Å²) < 4.78 is 6.63. The number of nitrogens with zero attached hydrogens (tertiary/aromatic N) is 3. The van der Waals surface area contributed by atoms with Gasteiger partial charge in [-0.15, -0.1) is 0 Å². The highest BCUT2D eigenvalue weighted by Gasteiger charge is 2.52. The highest BCUT2D eigenvalue weighted by atomic mass is 16.5. The summed E-state index contributed by atoms with van der Waals surface area (Å²) in [6.07, 6.45) is 6.06. The Kier molecular flexibility index (Phi) is 4.89. The van der Waals surface area contributed by atoms with Gasteiger partial charge >= 0.3 is 0 Å². The lowest BCUT2D eigenvalue weighted by molar-refractivity contribution is -0.127. The zero-order valence-corrected chi connectivity index (χ0v) is 14.5. The third kappa shape index (κ3) is 3.17. The number of carbonyl (C=O) groups is 2. The summed E-state index contributed by atoms with van der Waals surface area (Å²) in [5, 5.41) is 7.17. The van der Waals surface area contributed by atoms with Crippen molar-refractivity contribution >= 4 is 11.8 Å². The molecule has 2 aliphatic rings. The predicted octanol–water partition coefficient (Wildman–Crippen LogP) is 0.815. The maximum atomic E-state index is 12.7. The van der Waals surface area contributed by atoms with Gasteiger partial charge in [0.15, 0.2) is 0 Å². The fourth-order valence-electron chi connectivity index (χ4n) is 4.16. The first-order chi connectivity index (χ1) is 11.6. The molecule has 7 heteroatoms. The summed E-state index contributed by atoms with van der Waals surface area (Å²) in [4.78, 5) is 27.2. The van der Waals surface area contributed by atoms with Crippen LogP contribution < -0.4 is 5.32 Å². The molecule has 1 aliphatic heterocycles. The Balaban J connectivity index is 1.73.